The van der Waals surface area contributed by atoms with Crippen LogP contribution in [0.25, 0.3) is 0 Å². The SMILES string of the molecule is CC1CC(C(=O)Nc2ccc(F)cc2N)CO1. The molecule has 2 rings (SSSR count). The lowest BCUT2D eigenvalue weighted by atomic mass is 10.1. The summed E-state index contributed by atoms with van der Waals surface area (Å²) in [5.41, 5.74) is 6.28. The van der Waals surface area contributed by atoms with Crippen LogP contribution in [0.3, 0.4) is 0 Å². The van der Waals surface area contributed by atoms with Crippen LogP contribution in [0.15, 0.2) is 18.2 Å². The number of carbonyl (C=O) groups is 1. The number of amides is 1. The Kier molecular flexibility index (Phi) is 3.28. The molecular weight excluding hydrogens is 223 g/mol. The highest BCUT2D eigenvalue weighted by molar-refractivity contribution is 5.95. The molecule has 1 aliphatic heterocycles. The molecule has 1 saturated heterocycles. The second-order valence-corrected chi connectivity index (χ2v) is 4.30. The molecule has 92 valence electrons. The second kappa shape index (κ2) is 4.71. The predicted octanol–water partition coefficient (Wildman–Crippen LogP) is 1.77. The minimum Gasteiger partial charge on any atom is -0.397 e. The number of hydrogen-bond acceptors (Lipinski definition) is 3. The van der Waals surface area contributed by atoms with Crippen molar-refractivity contribution in [3.05, 3.63) is 24.0 Å². The summed E-state index contributed by atoms with van der Waals surface area (Å²) in [7, 11) is 0. The van der Waals surface area contributed by atoms with Crippen LogP contribution in [0.1, 0.15) is 13.3 Å². The average Bonchev–Trinajstić information content (AvgIpc) is 2.69. The second-order valence-electron chi connectivity index (χ2n) is 4.30. The van der Waals surface area contributed by atoms with E-state index in [1.54, 1.807) is 0 Å². The Balaban J connectivity index is 2.03. The summed E-state index contributed by atoms with van der Waals surface area (Å²) in [6.45, 7) is 2.35. The number of carbonyl (C=O) groups excluding carboxylic acids is 1. The van der Waals surface area contributed by atoms with Gasteiger partial charge in [0.1, 0.15) is 5.82 Å². The standard InChI is InChI=1S/C12H15FN2O2/c1-7-4-8(6-17-7)12(16)15-11-3-2-9(13)5-10(11)14/h2-3,5,7-8H,4,6,14H2,1H3,(H,15,16). The largest absolute Gasteiger partial charge is 0.397 e. The Morgan fingerprint density at radius 1 is 1.59 bits per heavy atom. The molecule has 0 spiro atoms. The number of anilines is 2. The zero-order chi connectivity index (χ0) is 12.4. The van der Waals surface area contributed by atoms with E-state index in [1.807, 2.05) is 6.92 Å². The highest BCUT2D eigenvalue weighted by Crippen LogP contribution is 2.23. The summed E-state index contributed by atoms with van der Waals surface area (Å²) in [4.78, 5) is 11.9. The maximum Gasteiger partial charge on any atom is 0.229 e. The molecular formula is C12H15FN2O2. The summed E-state index contributed by atoms with van der Waals surface area (Å²) >= 11 is 0. The minimum absolute atomic E-state index is 0.108. The molecule has 1 fully saturated rings. The van der Waals surface area contributed by atoms with Crippen LogP contribution in [-0.4, -0.2) is 18.6 Å². The summed E-state index contributed by atoms with van der Waals surface area (Å²) in [5, 5.41) is 2.69. The van der Waals surface area contributed by atoms with E-state index in [0.717, 1.165) is 0 Å². The van der Waals surface area contributed by atoms with Crippen LogP contribution in [0, 0.1) is 11.7 Å². The molecule has 1 aliphatic rings. The molecule has 2 unspecified atom stereocenters. The Hall–Kier alpha value is -1.62. The molecule has 1 amide bonds. The Morgan fingerprint density at radius 3 is 2.94 bits per heavy atom. The van der Waals surface area contributed by atoms with E-state index in [4.69, 9.17) is 10.5 Å². The van der Waals surface area contributed by atoms with Crippen molar-refractivity contribution in [2.45, 2.75) is 19.4 Å². The molecule has 0 radical (unpaired) electrons. The highest BCUT2D eigenvalue weighted by Gasteiger charge is 2.28. The Morgan fingerprint density at radius 2 is 2.35 bits per heavy atom. The molecule has 4 nitrogen and oxygen atoms in total. The number of benzene rings is 1. The van der Waals surface area contributed by atoms with Crippen molar-refractivity contribution in [2.75, 3.05) is 17.7 Å². The van der Waals surface area contributed by atoms with E-state index in [0.29, 0.717) is 18.7 Å². The van der Waals surface area contributed by atoms with Gasteiger partial charge in [-0.05, 0) is 31.5 Å². The number of hydrogen-bond donors (Lipinski definition) is 2. The van der Waals surface area contributed by atoms with Gasteiger partial charge in [0.15, 0.2) is 0 Å². The first-order valence-corrected chi connectivity index (χ1v) is 5.53. The van der Waals surface area contributed by atoms with E-state index >= 15 is 0 Å². The normalized spacial score (nSPS) is 23.6. The van der Waals surface area contributed by atoms with Gasteiger partial charge in [0.2, 0.25) is 5.91 Å². The van der Waals surface area contributed by atoms with Gasteiger partial charge in [-0.25, -0.2) is 4.39 Å². The fraction of sp³-hybridized carbons (Fsp3) is 0.417. The van der Waals surface area contributed by atoms with Gasteiger partial charge in [0.25, 0.3) is 0 Å². The summed E-state index contributed by atoms with van der Waals surface area (Å²) in [6.07, 6.45) is 0.809. The number of nitrogens with one attached hydrogen (secondary N) is 1. The van der Waals surface area contributed by atoms with Crippen LogP contribution in [0.2, 0.25) is 0 Å². The van der Waals surface area contributed by atoms with E-state index in [-0.39, 0.29) is 23.6 Å². The number of ether oxygens (including phenoxy) is 1. The third-order valence-electron chi connectivity index (χ3n) is 2.84. The molecule has 0 aliphatic carbocycles. The van der Waals surface area contributed by atoms with Crippen LogP contribution in [0.5, 0.6) is 0 Å². The fourth-order valence-electron chi connectivity index (χ4n) is 1.88. The number of rotatable bonds is 2. The van der Waals surface area contributed by atoms with Crippen LogP contribution >= 0.6 is 0 Å². The Bertz CT molecular complexity index is 437. The van der Waals surface area contributed by atoms with E-state index < -0.39 is 5.82 Å². The zero-order valence-corrected chi connectivity index (χ0v) is 9.57. The van der Waals surface area contributed by atoms with Gasteiger partial charge in [-0.1, -0.05) is 0 Å². The Labute approximate surface area is 98.9 Å². The van der Waals surface area contributed by atoms with Crippen molar-refractivity contribution in [1.82, 2.24) is 0 Å². The van der Waals surface area contributed by atoms with Crippen molar-refractivity contribution in [2.24, 2.45) is 5.92 Å². The fourth-order valence-corrected chi connectivity index (χ4v) is 1.88. The molecule has 17 heavy (non-hydrogen) atoms. The topological polar surface area (TPSA) is 64.4 Å². The molecule has 3 N–H and O–H groups in total. The maximum absolute atomic E-state index is 12.8. The molecule has 1 aromatic rings. The smallest absolute Gasteiger partial charge is 0.229 e. The van der Waals surface area contributed by atoms with Gasteiger partial charge in [-0.2, -0.15) is 0 Å². The van der Waals surface area contributed by atoms with Crippen molar-refractivity contribution >= 4 is 17.3 Å². The zero-order valence-electron chi connectivity index (χ0n) is 9.57. The number of nitrogens with two attached hydrogens (primary N) is 1. The highest BCUT2D eigenvalue weighted by atomic mass is 19.1. The molecule has 0 aromatic heterocycles. The lowest BCUT2D eigenvalue weighted by Crippen LogP contribution is -2.23. The van der Waals surface area contributed by atoms with Gasteiger partial charge >= 0.3 is 0 Å². The van der Waals surface area contributed by atoms with Crippen molar-refractivity contribution in [3.8, 4) is 0 Å². The van der Waals surface area contributed by atoms with Crippen molar-refractivity contribution < 1.29 is 13.9 Å². The van der Waals surface area contributed by atoms with Crippen LogP contribution in [-0.2, 0) is 9.53 Å². The third-order valence-corrected chi connectivity index (χ3v) is 2.84. The maximum atomic E-state index is 12.8. The third kappa shape index (κ3) is 2.74. The first-order valence-electron chi connectivity index (χ1n) is 5.53. The first kappa shape index (κ1) is 11.9. The average molecular weight is 238 g/mol. The summed E-state index contributed by atoms with van der Waals surface area (Å²) in [6, 6.07) is 3.91. The summed E-state index contributed by atoms with van der Waals surface area (Å²) in [5.74, 6) is -0.708. The molecule has 2 atom stereocenters. The lowest BCUT2D eigenvalue weighted by Gasteiger charge is -2.11. The predicted molar refractivity (Wildman–Crippen MR) is 63.0 cm³/mol. The summed E-state index contributed by atoms with van der Waals surface area (Å²) < 4.78 is 18.1. The van der Waals surface area contributed by atoms with Crippen LogP contribution < -0.4 is 11.1 Å². The van der Waals surface area contributed by atoms with E-state index in [2.05, 4.69) is 5.32 Å². The lowest BCUT2D eigenvalue weighted by molar-refractivity contribution is -0.119. The van der Waals surface area contributed by atoms with E-state index in [9.17, 15) is 9.18 Å². The minimum atomic E-state index is -0.418. The van der Waals surface area contributed by atoms with Gasteiger partial charge in [-0.3, -0.25) is 4.79 Å². The first-order chi connectivity index (χ1) is 8.06. The molecule has 1 aromatic carbocycles. The van der Waals surface area contributed by atoms with Crippen molar-refractivity contribution in [3.63, 3.8) is 0 Å². The number of nitrogen functional groups attached to an aromatic ring is 1. The van der Waals surface area contributed by atoms with Crippen molar-refractivity contribution in [1.29, 1.82) is 0 Å². The van der Waals surface area contributed by atoms with Gasteiger partial charge in [0, 0.05) is 0 Å². The van der Waals surface area contributed by atoms with Crippen LogP contribution in [0.4, 0.5) is 15.8 Å². The van der Waals surface area contributed by atoms with E-state index in [1.165, 1.54) is 18.2 Å². The molecule has 5 heteroatoms. The molecule has 0 saturated carbocycles. The molecule has 0 bridgehead atoms. The molecule has 1 heterocycles. The quantitative estimate of drug-likeness (QED) is 0.772. The number of halogens is 1. The van der Waals surface area contributed by atoms with Gasteiger partial charge in [-0.15, -0.1) is 0 Å². The van der Waals surface area contributed by atoms with Gasteiger partial charge in [0.05, 0.1) is 30.0 Å². The van der Waals surface area contributed by atoms with Gasteiger partial charge < -0.3 is 15.8 Å². The monoisotopic (exact) mass is 238 g/mol.